The number of benzene rings is 2. The van der Waals surface area contributed by atoms with E-state index in [0.29, 0.717) is 5.56 Å². The molecule has 4 aromatic rings. The standard InChI is InChI=1S/C19H15FN4/c1-12-9-13(3-5-15(12)20)18-19(24(2)11-23-18)14-4-6-16-17(10-14)22-8-7-21-16/h3-11H,1-2H3. The van der Waals surface area contributed by atoms with E-state index in [2.05, 4.69) is 15.0 Å². The maximum Gasteiger partial charge on any atom is 0.126 e. The van der Waals surface area contributed by atoms with E-state index in [-0.39, 0.29) is 5.82 Å². The highest BCUT2D eigenvalue weighted by atomic mass is 19.1. The molecule has 0 aliphatic rings. The van der Waals surface area contributed by atoms with Crippen LogP contribution in [-0.4, -0.2) is 19.5 Å². The Morgan fingerprint density at radius 3 is 2.42 bits per heavy atom. The van der Waals surface area contributed by atoms with E-state index >= 15 is 0 Å². The van der Waals surface area contributed by atoms with Crippen molar-refractivity contribution in [2.75, 3.05) is 0 Å². The number of rotatable bonds is 2. The molecule has 0 bridgehead atoms. The van der Waals surface area contributed by atoms with E-state index in [1.54, 1.807) is 31.7 Å². The summed E-state index contributed by atoms with van der Waals surface area (Å²) in [5, 5.41) is 0. The van der Waals surface area contributed by atoms with Gasteiger partial charge in [0.05, 0.1) is 28.7 Å². The molecule has 4 nitrogen and oxygen atoms in total. The molecular formula is C19H15FN4. The first kappa shape index (κ1) is 14.5. The topological polar surface area (TPSA) is 43.6 Å². The van der Waals surface area contributed by atoms with Crippen LogP contribution in [0.2, 0.25) is 0 Å². The van der Waals surface area contributed by atoms with Crippen LogP contribution < -0.4 is 0 Å². The van der Waals surface area contributed by atoms with Gasteiger partial charge in [-0.05, 0) is 42.8 Å². The number of halogens is 1. The van der Waals surface area contributed by atoms with Gasteiger partial charge in [-0.15, -0.1) is 0 Å². The molecule has 0 fully saturated rings. The summed E-state index contributed by atoms with van der Waals surface area (Å²) in [5.74, 6) is -0.211. The summed E-state index contributed by atoms with van der Waals surface area (Å²) >= 11 is 0. The molecule has 0 aliphatic heterocycles. The summed E-state index contributed by atoms with van der Waals surface area (Å²) in [4.78, 5) is 13.2. The van der Waals surface area contributed by atoms with E-state index in [9.17, 15) is 4.39 Å². The van der Waals surface area contributed by atoms with E-state index in [0.717, 1.165) is 33.5 Å². The lowest BCUT2D eigenvalue weighted by Crippen LogP contribution is -1.93. The second-order valence-corrected chi connectivity index (χ2v) is 5.78. The highest BCUT2D eigenvalue weighted by molar-refractivity contribution is 5.85. The fourth-order valence-electron chi connectivity index (χ4n) is 2.88. The lowest BCUT2D eigenvalue weighted by Gasteiger charge is -2.08. The summed E-state index contributed by atoms with van der Waals surface area (Å²) in [6.07, 6.45) is 5.13. The van der Waals surface area contributed by atoms with Gasteiger partial charge in [0.1, 0.15) is 5.82 Å². The Kier molecular flexibility index (Phi) is 3.34. The monoisotopic (exact) mass is 318 g/mol. The van der Waals surface area contributed by atoms with Crippen LogP contribution in [0.3, 0.4) is 0 Å². The summed E-state index contributed by atoms with van der Waals surface area (Å²) in [5.41, 5.74) is 5.97. The van der Waals surface area contributed by atoms with Gasteiger partial charge >= 0.3 is 0 Å². The Hall–Kier alpha value is -3.08. The zero-order valence-corrected chi connectivity index (χ0v) is 13.4. The molecule has 0 spiro atoms. The minimum Gasteiger partial charge on any atom is -0.333 e. The van der Waals surface area contributed by atoms with Crippen LogP contribution in [0.1, 0.15) is 5.56 Å². The molecule has 0 unspecified atom stereocenters. The van der Waals surface area contributed by atoms with Crippen molar-refractivity contribution in [3.05, 3.63) is 66.5 Å². The van der Waals surface area contributed by atoms with Gasteiger partial charge in [0.2, 0.25) is 0 Å². The number of nitrogens with zero attached hydrogens (tertiary/aromatic N) is 4. The average molecular weight is 318 g/mol. The highest BCUT2D eigenvalue weighted by Gasteiger charge is 2.15. The maximum absolute atomic E-state index is 13.6. The second kappa shape index (κ2) is 5.53. The van der Waals surface area contributed by atoms with Gasteiger partial charge in [0, 0.05) is 30.6 Å². The van der Waals surface area contributed by atoms with Crippen LogP contribution >= 0.6 is 0 Å². The first-order valence-corrected chi connectivity index (χ1v) is 7.62. The molecule has 0 aliphatic carbocycles. The summed E-state index contributed by atoms with van der Waals surface area (Å²) < 4.78 is 15.5. The Bertz CT molecular complexity index is 1050. The first-order valence-electron chi connectivity index (χ1n) is 7.62. The third-order valence-corrected chi connectivity index (χ3v) is 4.11. The molecule has 5 heteroatoms. The van der Waals surface area contributed by atoms with Crippen molar-refractivity contribution in [1.82, 2.24) is 19.5 Å². The Labute approximate surface area is 138 Å². The number of hydrogen-bond acceptors (Lipinski definition) is 3. The van der Waals surface area contributed by atoms with Crippen molar-refractivity contribution in [3.63, 3.8) is 0 Å². The van der Waals surface area contributed by atoms with Crippen molar-refractivity contribution >= 4 is 11.0 Å². The van der Waals surface area contributed by atoms with Gasteiger partial charge in [-0.3, -0.25) is 9.97 Å². The van der Waals surface area contributed by atoms with Crippen LogP contribution in [0.25, 0.3) is 33.5 Å². The van der Waals surface area contributed by atoms with Crippen LogP contribution in [0, 0.1) is 12.7 Å². The van der Waals surface area contributed by atoms with E-state index in [4.69, 9.17) is 0 Å². The van der Waals surface area contributed by atoms with E-state index < -0.39 is 0 Å². The maximum atomic E-state index is 13.6. The molecule has 4 rings (SSSR count). The molecule has 0 atom stereocenters. The predicted molar refractivity (Wildman–Crippen MR) is 91.9 cm³/mol. The third kappa shape index (κ3) is 2.34. The zero-order valence-electron chi connectivity index (χ0n) is 13.4. The van der Waals surface area contributed by atoms with Crippen molar-refractivity contribution < 1.29 is 4.39 Å². The fourth-order valence-corrected chi connectivity index (χ4v) is 2.88. The number of hydrogen-bond donors (Lipinski definition) is 0. The predicted octanol–water partition coefficient (Wildman–Crippen LogP) is 4.14. The van der Waals surface area contributed by atoms with Crippen molar-refractivity contribution in [1.29, 1.82) is 0 Å². The van der Waals surface area contributed by atoms with Gasteiger partial charge in [0.15, 0.2) is 0 Å². The number of imidazole rings is 1. The molecule has 0 amide bonds. The average Bonchev–Trinajstić information content (AvgIpc) is 2.98. The smallest absolute Gasteiger partial charge is 0.126 e. The number of aryl methyl sites for hydroxylation is 2. The van der Waals surface area contributed by atoms with Crippen molar-refractivity contribution in [3.8, 4) is 22.5 Å². The quantitative estimate of drug-likeness (QED) is 0.558. The normalized spacial score (nSPS) is 11.1. The number of fused-ring (bicyclic) bond motifs is 1. The summed E-state index contributed by atoms with van der Waals surface area (Å²) in [6, 6.07) is 11.0. The van der Waals surface area contributed by atoms with Crippen molar-refractivity contribution in [2.24, 2.45) is 7.05 Å². The van der Waals surface area contributed by atoms with Crippen LogP contribution in [0.15, 0.2) is 55.1 Å². The minimum absolute atomic E-state index is 0.211. The van der Waals surface area contributed by atoms with E-state index in [1.165, 1.54) is 6.07 Å². The molecule has 0 saturated carbocycles. The highest BCUT2D eigenvalue weighted by Crippen LogP contribution is 2.32. The largest absolute Gasteiger partial charge is 0.333 e. The molecule has 0 N–H and O–H groups in total. The van der Waals surface area contributed by atoms with Crippen LogP contribution in [0.5, 0.6) is 0 Å². The van der Waals surface area contributed by atoms with Gasteiger partial charge in [-0.25, -0.2) is 9.37 Å². The molecule has 0 radical (unpaired) electrons. The molecule has 2 aromatic carbocycles. The van der Waals surface area contributed by atoms with Gasteiger partial charge in [-0.2, -0.15) is 0 Å². The summed E-state index contributed by atoms with van der Waals surface area (Å²) in [7, 11) is 1.95. The van der Waals surface area contributed by atoms with Crippen molar-refractivity contribution in [2.45, 2.75) is 6.92 Å². The third-order valence-electron chi connectivity index (χ3n) is 4.11. The van der Waals surface area contributed by atoms with Crippen LogP contribution in [0.4, 0.5) is 4.39 Å². The van der Waals surface area contributed by atoms with Gasteiger partial charge in [-0.1, -0.05) is 6.07 Å². The number of aromatic nitrogens is 4. The minimum atomic E-state index is -0.211. The van der Waals surface area contributed by atoms with Gasteiger partial charge < -0.3 is 4.57 Å². The zero-order chi connectivity index (χ0) is 16.7. The molecule has 24 heavy (non-hydrogen) atoms. The second-order valence-electron chi connectivity index (χ2n) is 5.78. The first-order chi connectivity index (χ1) is 11.6. The molecular weight excluding hydrogens is 303 g/mol. The molecule has 2 heterocycles. The lowest BCUT2D eigenvalue weighted by molar-refractivity contribution is 0.619. The Balaban J connectivity index is 1.91. The van der Waals surface area contributed by atoms with Gasteiger partial charge in [0.25, 0.3) is 0 Å². The summed E-state index contributed by atoms with van der Waals surface area (Å²) in [6.45, 7) is 1.76. The lowest BCUT2D eigenvalue weighted by atomic mass is 10.0. The van der Waals surface area contributed by atoms with Crippen LogP contribution in [-0.2, 0) is 7.05 Å². The molecule has 2 aromatic heterocycles. The van der Waals surface area contributed by atoms with E-state index in [1.807, 2.05) is 35.9 Å². The molecule has 118 valence electrons. The molecule has 0 saturated heterocycles. The fraction of sp³-hybridized carbons (Fsp3) is 0.105. The Morgan fingerprint density at radius 1 is 0.875 bits per heavy atom. The SMILES string of the molecule is Cc1cc(-c2ncn(C)c2-c2ccc3nccnc3c2)ccc1F. The Morgan fingerprint density at radius 2 is 1.62 bits per heavy atom.